The second-order valence-electron chi connectivity index (χ2n) is 4.91. The number of hydrogen-bond acceptors (Lipinski definition) is 4. The SMILES string of the molecule is CS(=O)(=O)N1CCN(Cc2ccccc2CN)CC1. The van der Waals surface area contributed by atoms with Crippen LogP contribution in [0.15, 0.2) is 24.3 Å². The van der Waals surface area contributed by atoms with Gasteiger partial charge in [-0.3, -0.25) is 4.90 Å². The maximum absolute atomic E-state index is 11.4. The molecular formula is C13H21N3O2S. The third kappa shape index (κ3) is 3.76. The van der Waals surface area contributed by atoms with Gasteiger partial charge in [0.1, 0.15) is 0 Å². The lowest BCUT2D eigenvalue weighted by Crippen LogP contribution is -2.47. The summed E-state index contributed by atoms with van der Waals surface area (Å²) >= 11 is 0. The average molecular weight is 283 g/mol. The van der Waals surface area contributed by atoms with Crippen molar-refractivity contribution in [2.24, 2.45) is 5.73 Å². The second kappa shape index (κ2) is 6.00. The molecule has 0 spiro atoms. The molecule has 1 saturated heterocycles. The van der Waals surface area contributed by atoms with Crippen molar-refractivity contribution in [2.45, 2.75) is 13.1 Å². The molecule has 0 amide bonds. The minimum atomic E-state index is -3.05. The van der Waals surface area contributed by atoms with Crippen LogP contribution in [0.25, 0.3) is 0 Å². The first-order chi connectivity index (χ1) is 9.00. The molecule has 1 aromatic carbocycles. The summed E-state index contributed by atoms with van der Waals surface area (Å²) in [6.45, 7) is 4.07. The van der Waals surface area contributed by atoms with Gasteiger partial charge in [0.25, 0.3) is 0 Å². The lowest BCUT2D eigenvalue weighted by atomic mass is 10.1. The molecule has 0 aromatic heterocycles. The molecular weight excluding hydrogens is 262 g/mol. The van der Waals surface area contributed by atoms with Gasteiger partial charge in [-0.25, -0.2) is 8.42 Å². The van der Waals surface area contributed by atoms with Crippen molar-refractivity contribution in [3.63, 3.8) is 0 Å². The van der Waals surface area contributed by atoms with Crippen LogP contribution in [0.2, 0.25) is 0 Å². The van der Waals surface area contributed by atoms with E-state index in [-0.39, 0.29) is 0 Å². The van der Waals surface area contributed by atoms with Gasteiger partial charge in [-0.2, -0.15) is 4.31 Å². The molecule has 1 aliphatic rings. The van der Waals surface area contributed by atoms with Crippen molar-refractivity contribution in [1.82, 2.24) is 9.21 Å². The molecule has 1 heterocycles. The second-order valence-corrected chi connectivity index (χ2v) is 6.89. The standard InChI is InChI=1S/C13H21N3O2S/c1-19(17,18)16-8-6-15(7-9-16)11-13-5-3-2-4-12(13)10-14/h2-5H,6-11,14H2,1H3. The van der Waals surface area contributed by atoms with E-state index in [4.69, 9.17) is 5.73 Å². The number of nitrogens with zero attached hydrogens (tertiary/aromatic N) is 2. The van der Waals surface area contributed by atoms with E-state index in [1.807, 2.05) is 18.2 Å². The molecule has 0 radical (unpaired) electrons. The molecule has 5 nitrogen and oxygen atoms in total. The molecule has 2 N–H and O–H groups in total. The van der Waals surface area contributed by atoms with Crippen molar-refractivity contribution in [3.8, 4) is 0 Å². The van der Waals surface area contributed by atoms with Crippen molar-refractivity contribution >= 4 is 10.0 Å². The van der Waals surface area contributed by atoms with Gasteiger partial charge in [0.05, 0.1) is 6.26 Å². The average Bonchev–Trinajstić information content (AvgIpc) is 2.39. The quantitative estimate of drug-likeness (QED) is 0.858. The van der Waals surface area contributed by atoms with Crippen molar-refractivity contribution in [1.29, 1.82) is 0 Å². The molecule has 1 aromatic rings. The van der Waals surface area contributed by atoms with Crippen molar-refractivity contribution in [2.75, 3.05) is 32.4 Å². The molecule has 0 aliphatic carbocycles. The van der Waals surface area contributed by atoms with Crippen LogP contribution in [0.1, 0.15) is 11.1 Å². The van der Waals surface area contributed by atoms with E-state index in [0.717, 1.165) is 25.2 Å². The van der Waals surface area contributed by atoms with Crippen LogP contribution in [0.5, 0.6) is 0 Å². The van der Waals surface area contributed by atoms with Crippen LogP contribution in [0, 0.1) is 0 Å². The minimum Gasteiger partial charge on any atom is -0.326 e. The molecule has 1 fully saturated rings. The fraction of sp³-hybridized carbons (Fsp3) is 0.538. The van der Waals surface area contributed by atoms with Crippen LogP contribution in [-0.2, 0) is 23.1 Å². The van der Waals surface area contributed by atoms with Crippen LogP contribution in [0.3, 0.4) is 0 Å². The lowest BCUT2D eigenvalue weighted by Gasteiger charge is -2.33. The Morgan fingerprint density at radius 3 is 2.21 bits per heavy atom. The van der Waals surface area contributed by atoms with Gasteiger partial charge in [0.2, 0.25) is 10.0 Å². The van der Waals surface area contributed by atoms with Crippen LogP contribution in [-0.4, -0.2) is 50.1 Å². The van der Waals surface area contributed by atoms with Gasteiger partial charge in [-0.15, -0.1) is 0 Å². The van der Waals surface area contributed by atoms with Crippen LogP contribution < -0.4 is 5.73 Å². The molecule has 0 unspecified atom stereocenters. The van der Waals surface area contributed by atoms with Crippen molar-refractivity contribution < 1.29 is 8.42 Å². The summed E-state index contributed by atoms with van der Waals surface area (Å²) in [7, 11) is -3.05. The Labute approximate surface area is 115 Å². The Morgan fingerprint density at radius 2 is 1.68 bits per heavy atom. The Kier molecular flexibility index (Phi) is 4.57. The first-order valence-corrected chi connectivity index (χ1v) is 8.30. The highest BCUT2D eigenvalue weighted by Crippen LogP contribution is 2.14. The molecule has 0 bridgehead atoms. The van der Waals surface area contributed by atoms with E-state index >= 15 is 0 Å². The zero-order valence-corrected chi connectivity index (χ0v) is 12.1. The molecule has 19 heavy (non-hydrogen) atoms. The topological polar surface area (TPSA) is 66.6 Å². The van der Waals surface area contributed by atoms with E-state index in [1.54, 1.807) is 4.31 Å². The summed E-state index contributed by atoms with van der Waals surface area (Å²) < 4.78 is 24.4. The first-order valence-electron chi connectivity index (χ1n) is 6.45. The van der Waals surface area contributed by atoms with Crippen LogP contribution in [0.4, 0.5) is 0 Å². The highest BCUT2D eigenvalue weighted by atomic mass is 32.2. The highest BCUT2D eigenvalue weighted by Gasteiger charge is 2.23. The summed E-state index contributed by atoms with van der Waals surface area (Å²) in [5.41, 5.74) is 8.12. The van der Waals surface area contributed by atoms with E-state index < -0.39 is 10.0 Å². The van der Waals surface area contributed by atoms with Gasteiger partial charge in [-0.1, -0.05) is 24.3 Å². The molecule has 6 heteroatoms. The maximum Gasteiger partial charge on any atom is 0.211 e. The summed E-state index contributed by atoms with van der Waals surface area (Å²) in [5, 5.41) is 0. The third-order valence-corrected chi connectivity index (χ3v) is 4.84. The maximum atomic E-state index is 11.4. The number of piperazine rings is 1. The fourth-order valence-electron chi connectivity index (χ4n) is 2.37. The van der Waals surface area contributed by atoms with E-state index in [2.05, 4.69) is 11.0 Å². The molecule has 106 valence electrons. The zero-order valence-electron chi connectivity index (χ0n) is 11.2. The van der Waals surface area contributed by atoms with Crippen LogP contribution >= 0.6 is 0 Å². The number of rotatable bonds is 4. The smallest absolute Gasteiger partial charge is 0.211 e. The predicted molar refractivity (Wildman–Crippen MR) is 76.0 cm³/mol. The Balaban J connectivity index is 1.96. The van der Waals surface area contributed by atoms with E-state index in [0.29, 0.717) is 19.6 Å². The summed E-state index contributed by atoms with van der Waals surface area (Å²) in [4.78, 5) is 2.27. The van der Waals surface area contributed by atoms with E-state index in [9.17, 15) is 8.42 Å². The first kappa shape index (κ1) is 14.5. The monoisotopic (exact) mass is 283 g/mol. The number of sulfonamides is 1. The predicted octanol–water partition coefficient (Wildman–Crippen LogP) is 0.223. The fourth-order valence-corrected chi connectivity index (χ4v) is 3.20. The Morgan fingerprint density at radius 1 is 1.11 bits per heavy atom. The lowest BCUT2D eigenvalue weighted by molar-refractivity contribution is 0.182. The highest BCUT2D eigenvalue weighted by molar-refractivity contribution is 7.88. The van der Waals surface area contributed by atoms with Crippen molar-refractivity contribution in [3.05, 3.63) is 35.4 Å². The largest absolute Gasteiger partial charge is 0.326 e. The number of hydrogen-bond donors (Lipinski definition) is 1. The third-order valence-electron chi connectivity index (χ3n) is 3.53. The number of nitrogens with two attached hydrogens (primary N) is 1. The van der Waals surface area contributed by atoms with Gasteiger partial charge < -0.3 is 5.73 Å². The Bertz CT molecular complexity index is 522. The van der Waals surface area contributed by atoms with Gasteiger partial charge in [0.15, 0.2) is 0 Å². The molecule has 1 aliphatic heterocycles. The summed E-state index contributed by atoms with van der Waals surface area (Å²) in [5.74, 6) is 0. The molecule has 0 atom stereocenters. The summed E-state index contributed by atoms with van der Waals surface area (Å²) in [6, 6.07) is 8.14. The Hall–Kier alpha value is -0.950. The normalized spacial score (nSPS) is 18.6. The van der Waals surface area contributed by atoms with Gasteiger partial charge in [0, 0.05) is 39.3 Å². The minimum absolute atomic E-state index is 0.541. The summed E-state index contributed by atoms with van der Waals surface area (Å²) in [6.07, 6.45) is 1.27. The molecule has 0 saturated carbocycles. The van der Waals surface area contributed by atoms with E-state index in [1.165, 1.54) is 11.8 Å². The van der Waals surface area contributed by atoms with Gasteiger partial charge in [-0.05, 0) is 11.1 Å². The number of benzene rings is 1. The zero-order chi connectivity index (χ0) is 13.9. The van der Waals surface area contributed by atoms with Gasteiger partial charge >= 0.3 is 0 Å². The molecule has 2 rings (SSSR count).